The fraction of sp³-hybridized carbons (Fsp3) is 0.421. The standard InChI is InChI=1S/C19H21FN2O/c20-15-4-1-3-14(13-15)19(23)8-11-22(12-9-19)18-7-10-21-17-6-2-5-16(17)18/h1,3-4,7,10,13,23H,2,5-6,8-9,11-12H2. The first-order chi connectivity index (χ1) is 11.2. The Morgan fingerprint density at radius 1 is 1.13 bits per heavy atom. The highest BCUT2D eigenvalue weighted by Gasteiger charge is 2.35. The summed E-state index contributed by atoms with van der Waals surface area (Å²) < 4.78 is 13.5. The summed E-state index contributed by atoms with van der Waals surface area (Å²) in [6.07, 6.45) is 6.49. The van der Waals surface area contributed by atoms with Crippen LogP contribution in [0.5, 0.6) is 0 Å². The largest absolute Gasteiger partial charge is 0.385 e. The lowest BCUT2D eigenvalue weighted by atomic mass is 9.84. The molecule has 1 saturated heterocycles. The molecule has 3 nitrogen and oxygen atoms in total. The highest BCUT2D eigenvalue weighted by molar-refractivity contribution is 5.56. The number of pyridine rings is 1. The van der Waals surface area contributed by atoms with E-state index in [0.29, 0.717) is 18.4 Å². The second-order valence-electron chi connectivity index (χ2n) is 6.64. The van der Waals surface area contributed by atoms with Crippen molar-refractivity contribution in [2.24, 2.45) is 0 Å². The molecule has 0 saturated carbocycles. The number of rotatable bonds is 2. The first-order valence-electron chi connectivity index (χ1n) is 8.36. The fourth-order valence-corrected chi connectivity index (χ4v) is 3.93. The van der Waals surface area contributed by atoms with Gasteiger partial charge in [-0.3, -0.25) is 4.98 Å². The van der Waals surface area contributed by atoms with Crippen LogP contribution in [0.4, 0.5) is 10.1 Å². The first kappa shape index (κ1) is 14.6. The van der Waals surface area contributed by atoms with Gasteiger partial charge >= 0.3 is 0 Å². The summed E-state index contributed by atoms with van der Waals surface area (Å²) in [7, 11) is 0. The summed E-state index contributed by atoms with van der Waals surface area (Å²) >= 11 is 0. The molecule has 0 atom stereocenters. The number of anilines is 1. The third-order valence-corrected chi connectivity index (χ3v) is 5.25. The molecule has 1 N–H and O–H groups in total. The molecule has 2 aromatic rings. The zero-order valence-corrected chi connectivity index (χ0v) is 13.1. The van der Waals surface area contributed by atoms with Gasteiger partial charge in [0.05, 0.1) is 5.60 Å². The van der Waals surface area contributed by atoms with E-state index in [0.717, 1.165) is 25.9 Å². The highest BCUT2D eigenvalue weighted by Crippen LogP contribution is 2.37. The topological polar surface area (TPSA) is 36.4 Å². The van der Waals surface area contributed by atoms with Crippen molar-refractivity contribution in [2.45, 2.75) is 37.7 Å². The van der Waals surface area contributed by atoms with E-state index in [1.54, 1.807) is 6.07 Å². The van der Waals surface area contributed by atoms with Crippen LogP contribution in [0.2, 0.25) is 0 Å². The summed E-state index contributed by atoms with van der Waals surface area (Å²) in [5.41, 5.74) is 3.65. The van der Waals surface area contributed by atoms with Gasteiger partial charge in [0.25, 0.3) is 0 Å². The van der Waals surface area contributed by atoms with Gasteiger partial charge in [0.2, 0.25) is 0 Å². The Labute approximate surface area is 135 Å². The molecule has 0 bridgehead atoms. The van der Waals surface area contributed by atoms with Gasteiger partial charge in [-0.05, 0) is 61.4 Å². The third-order valence-electron chi connectivity index (χ3n) is 5.25. The van der Waals surface area contributed by atoms with Crippen molar-refractivity contribution in [1.29, 1.82) is 0 Å². The minimum absolute atomic E-state index is 0.287. The van der Waals surface area contributed by atoms with E-state index in [2.05, 4.69) is 16.0 Å². The summed E-state index contributed by atoms with van der Waals surface area (Å²) in [4.78, 5) is 6.83. The van der Waals surface area contributed by atoms with Crippen molar-refractivity contribution in [3.63, 3.8) is 0 Å². The van der Waals surface area contributed by atoms with Crippen LogP contribution in [0.15, 0.2) is 36.5 Å². The average molecular weight is 312 g/mol. The van der Waals surface area contributed by atoms with Crippen LogP contribution in [0, 0.1) is 5.82 Å². The number of aliphatic hydroxyl groups is 1. The quantitative estimate of drug-likeness (QED) is 0.925. The summed E-state index contributed by atoms with van der Waals surface area (Å²) in [6, 6.07) is 8.46. The molecule has 0 unspecified atom stereocenters. The van der Waals surface area contributed by atoms with Gasteiger partial charge in [-0.1, -0.05) is 12.1 Å². The van der Waals surface area contributed by atoms with Crippen molar-refractivity contribution in [2.75, 3.05) is 18.0 Å². The molecule has 0 spiro atoms. The van der Waals surface area contributed by atoms with Gasteiger partial charge in [0.1, 0.15) is 5.82 Å². The van der Waals surface area contributed by atoms with E-state index in [1.165, 1.54) is 35.5 Å². The number of fused-ring (bicyclic) bond motifs is 1. The van der Waals surface area contributed by atoms with Crippen molar-refractivity contribution < 1.29 is 9.50 Å². The molecule has 4 rings (SSSR count). The van der Waals surface area contributed by atoms with Crippen LogP contribution in [0.25, 0.3) is 0 Å². The number of hydrogen-bond donors (Lipinski definition) is 1. The minimum Gasteiger partial charge on any atom is -0.385 e. The van der Waals surface area contributed by atoms with Crippen LogP contribution >= 0.6 is 0 Å². The van der Waals surface area contributed by atoms with Gasteiger partial charge in [-0.25, -0.2) is 4.39 Å². The lowest BCUT2D eigenvalue weighted by Crippen LogP contribution is -2.43. The monoisotopic (exact) mass is 312 g/mol. The second-order valence-corrected chi connectivity index (χ2v) is 6.64. The van der Waals surface area contributed by atoms with Crippen LogP contribution in [-0.4, -0.2) is 23.2 Å². The summed E-state index contributed by atoms with van der Waals surface area (Å²) in [5.74, 6) is -0.287. The molecular weight excluding hydrogens is 291 g/mol. The Balaban J connectivity index is 1.54. The van der Waals surface area contributed by atoms with Gasteiger partial charge in [-0.2, -0.15) is 0 Å². The Morgan fingerprint density at radius 2 is 1.96 bits per heavy atom. The van der Waals surface area contributed by atoms with E-state index < -0.39 is 5.60 Å². The average Bonchev–Trinajstić information content (AvgIpc) is 3.04. The van der Waals surface area contributed by atoms with Crippen LogP contribution < -0.4 is 4.90 Å². The smallest absolute Gasteiger partial charge is 0.123 e. The van der Waals surface area contributed by atoms with Crippen LogP contribution in [0.1, 0.15) is 36.1 Å². The van der Waals surface area contributed by atoms with E-state index >= 15 is 0 Å². The molecule has 1 aliphatic carbocycles. The molecule has 0 radical (unpaired) electrons. The maximum atomic E-state index is 13.5. The van der Waals surface area contributed by atoms with E-state index in [4.69, 9.17) is 0 Å². The lowest BCUT2D eigenvalue weighted by Gasteiger charge is -2.40. The SMILES string of the molecule is OC1(c2cccc(F)c2)CCN(c2ccnc3c2CCC3)CC1. The Bertz CT molecular complexity index is 723. The second kappa shape index (κ2) is 5.60. The maximum absolute atomic E-state index is 13.5. The highest BCUT2D eigenvalue weighted by atomic mass is 19.1. The van der Waals surface area contributed by atoms with Crippen molar-refractivity contribution in [3.8, 4) is 0 Å². The van der Waals surface area contributed by atoms with Crippen molar-refractivity contribution >= 4 is 5.69 Å². The van der Waals surface area contributed by atoms with E-state index in [9.17, 15) is 9.50 Å². The number of halogens is 1. The Hall–Kier alpha value is -1.94. The van der Waals surface area contributed by atoms with Gasteiger partial charge < -0.3 is 10.0 Å². The Kier molecular flexibility index (Phi) is 3.57. The molecule has 2 heterocycles. The predicted octanol–water partition coefficient (Wildman–Crippen LogP) is 3.20. The van der Waals surface area contributed by atoms with Crippen LogP contribution in [0.3, 0.4) is 0 Å². The molecule has 23 heavy (non-hydrogen) atoms. The van der Waals surface area contributed by atoms with E-state index in [-0.39, 0.29) is 5.82 Å². The summed E-state index contributed by atoms with van der Waals surface area (Å²) in [5, 5.41) is 10.9. The molecule has 120 valence electrons. The lowest BCUT2D eigenvalue weighted by molar-refractivity contribution is 0.0115. The van der Waals surface area contributed by atoms with Gasteiger partial charge in [0.15, 0.2) is 0 Å². The zero-order chi connectivity index (χ0) is 15.9. The number of benzene rings is 1. The number of hydrogen-bond acceptors (Lipinski definition) is 3. The van der Waals surface area contributed by atoms with Crippen molar-refractivity contribution in [3.05, 3.63) is 59.2 Å². The first-order valence-corrected chi connectivity index (χ1v) is 8.36. The third kappa shape index (κ3) is 2.61. The molecule has 2 aliphatic rings. The number of nitrogens with zero attached hydrogens (tertiary/aromatic N) is 2. The number of aryl methyl sites for hydroxylation is 1. The molecular formula is C19H21FN2O. The molecule has 1 aliphatic heterocycles. The predicted molar refractivity (Wildman–Crippen MR) is 88.0 cm³/mol. The zero-order valence-electron chi connectivity index (χ0n) is 13.1. The number of piperidine rings is 1. The van der Waals surface area contributed by atoms with Crippen LogP contribution in [-0.2, 0) is 18.4 Å². The minimum atomic E-state index is -0.922. The fourth-order valence-electron chi connectivity index (χ4n) is 3.93. The summed E-state index contributed by atoms with van der Waals surface area (Å²) in [6.45, 7) is 1.56. The molecule has 4 heteroatoms. The van der Waals surface area contributed by atoms with E-state index in [1.807, 2.05) is 12.3 Å². The molecule has 1 fully saturated rings. The Morgan fingerprint density at radius 3 is 2.74 bits per heavy atom. The number of aromatic nitrogens is 1. The maximum Gasteiger partial charge on any atom is 0.123 e. The van der Waals surface area contributed by atoms with Gasteiger partial charge in [-0.15, -0.1) is 0 Å². The molecule has 0 amide bonds. The molecule has 1 aromatic heterocycles. The van der Waals surface area contributed by atoms with Crippen molar-refractivity contribution in [1.82, 2.24) is 4.98 Å². The normalized spacial score (nSPS) is 19.7. The molecule has 1 aromatic carbocycles. The van der Waals surface area contributed by atoms with Gasteiger partial charge in [0, 0.05) is 30.7 Å².